The van der Waals surface area contributed by atoms with E-state index in [9.17, 15) is 19.7 Å². The zero-order valence-corrected chi connectivity index (χ0v) is 17.3. The van der Waals surface area contributed by atoms with Gasteiger partial charge < -0.3 is 14.5 Å². The highest BCUT2D eigenvalue weighted by atomic mass is 16.6. The number of nitro benzene ring substituents is 1. The van der Waals surface area contributed by atoms with E-state index in [-0.39, 0.29) is 11.3 Å². The summed E-state index contributed by atoms with van der Waals surface area (Å²) in [6, 6.07) is 12.4. The number of piperazine rings is 1. The first kappa shape index (κ1) is 20.5. The molecule has 0 unspecified atom stereocenters. The lowest BCUT2D eigenvalue weighted by molar-refractivity contribution is -0.384. The van der Waals surface area contributed by atoms with Gasteiger partial charge in [-0.25, -0.2) is 4.90 Å². The molecule has 31 heavy (non-hydrogen) atoms. The van der Waals surface area contributed by atoms with Crippen molar-refractivity contribution in [3.05, 3.63) is 69.9 Å². The van der Waals surface area contributed by atoms with E-state index < -0.39 is 16.7 Å². The van der Waals surface area contributed by atoms with Crippen molar-refractivity contribution in [1.29, 1.82) is 0 Å². The van der Waals surface area contributed by atoms with E-state index in [4.69, 9.17) is 4.74 Å². The van der Waals surface area contributed by atoms with Crippen molar-refractivity contribution in [2.24, 2.45) is 0 Å². The molecule has 9 heteroatoms. The summed E-state index contributed by atoms with van der Waals surface area (Å²) >= 11 is 0. The average molecular weight is 422 g/mol. The minimum atomic E-state index is -0.495. The summed E-state index contributed by atoms with van der Waals surface area (Å²) in [5.74, 6) is -0.225. The summed E-state index contributed by atoms with van der Waals surface area (Å²) < 4.78 is 5.17. The molecule has 2 aliphatic rings. The Hall–Kier alpha value is -3.72. The van der Waals surface area contributed by atoms with Gasteiger partial charge in [-0.15, -0.1) is 0 Å². The predicted molar refractivity (Wildman–Crippen MR) is 115 cm³/mol. The Morgan fingerprint density at radius 1 is 0.903 bits per heavy atom. The van der Waals surface area contributed by atoms with Crippen LogP contribution in [0.25, 0.3) is 5.57 Å². The highest BCUT2D eigenvalue weighted by Gasteiger charge is 2.43. The standard InChI is InChI=1S/C22H22N4O5/c1-23-11-13-24(14-12-23)20-19(15-3-5-17(6-4-15)26(29)30)21(27)25(22(20)28)16-7-9-18(31-2)10-8-16/h3-10H,11-14H2,1-2H3. The molecule has 0 saturated carbocycles. The number of rotatable bonds is 5. The maximum Gasteiger partial charge on any atom is 0.282 e. The number of carbonyl (C=O) groups is 2. The number of nitrogens with zero attached hydrogens (tertiary/aromatic N) is 4. The zero-order chi connectivity index (χ0) is 22.1. The fourth-order valence-corrected chi connectivity index (χ4v) is 3.82. The Labute approximate surface area is 179 Å². The van der Waals surface area contributed by atoms with Crippen molar-refractivity contribution in [2.75, 3.05) is 45.2 Å². The van der Waals surface area contributed by atoms with Gasteiger partial charge in [0.25, 0.3) is 17.5 Å². The Morgan fingerprint density at radius 3 is 2.06 bits per heavy atom. The van der Waals surface area contributed by atoms with Gasteiger partial charge >= 0.3 is 0 Å². The normalized spacial score (nSPS) is 17.5. The maximum atomic E-state index is 13.5. The van der Waals surface area contributed by atoms with Crippen LogP contribution < -0.4 is 9.64 Å². The van der Waals surface area contributed by atoms with Gasteiger partial charge in [0, 0.05) is 38.3 Å². The van der Waals surface area contributed by atoms with E-state index in [0.29, 0.717) is 35.8 Å². The number of carbonyl (C=O) groups excluding carboxylic acids is 2. The minimum Gasteiger partial charge on any atom is -0.497 e. The van der Waals surface area contributed by atoms with Crippen LogP contribution in [-0.2, 0) is 9.59 Å². The van der Waals surface area contributed by atoms with Crippen LogP contribution in [0, 0.1) is 10.1 Å². The summed E-state index contributed by atoms with van der Waals surface area (Å²) in [5, 5.41) is 11.0. The number of ether oxygens (including phenoxy) is 1. The summed E-state index contributed by atoms with van der Waals surface area (Å²) in [6.07, 6.45) is 0. The smallest absolute Gasteiger partial charge is 0.282 e. The molecular weight excluding hydrogens is 400 g/mol. The summed E-state index contributed by atoms with van der Waals surface area (Å²) in [5.41, 5.74) is 1.45. The monoisotopic (exact) mass is 422 g/mol. The molecule has 2 amide bonds. The number of hydrogen-bond donors (Lipinski definition) is 0. The summed E-state index contributed by atoms with van der Waals surface area (Å²) in [4.78, 5) is 42.7. The Bertz CT molecular complexity index is 1050. The lowest BCUT2D eigenvalue weighted by atomic mass is 10.0. The third-order valence-electron chi connectivity index (χ3n) is 5.58. The number of benzene rings is 2. The number of methoxy groups -OCH3 is 1. The molecule has 0 radical (unpaired) electrons. The number of imide groups is 1. The maximum absolute atomic E-state index is 13.5. The van der Waals surface area contributed by atoms with Crippen LogP contribution >= 0.6 is 0 Å². The first-order valence-electron chi connectivity index (χ1n) is 9.86. The van der Waals surface area contributed by atoms with Gasteiger partial charge in [-0.1, -0.05) is 0 Å². The number of non-ortho nitro benzene ring substituents is 1. The van der Waals surface area contributed by atoms with Crippen LogP contribution in [0.15, 0.2) is 54.2 Å². The fourth-order valence-electron chi connectivity index (χ4n) is 3.82. The number of nitro groups is 1. The van der Waals surface area contributed by atoms with Crippen molar-refractivity contribution in [3.8, 4) is 5.75 Å². The SMILES string of the molecule is COc1ccc(N2C(=O)C(c3ccc([N+](=O)[O-])cc3)=C(N3CCN(C)CC3)C2=O)cc1. The molecule has 1 fully saturated rings. The number of amides is 2. The van der Waals surface area contributed by atoms with Gasteiger partial charge in [-0.05, 0) is 49.0 Å². The van der Waals surface area contributed by atoms with Crippen LogP contribution in [0.1, 0.15) is 5.56 Å². The lowest BCUT2D eigenvalue weighted by Gasteiger charge is -2.34. The number of likely N-dealkylation sites (N-methyl/N-ethyl adjacent to an activating group) is 1. The van der Waals surface area contributed by atoms with E-state index >= 15 is 0 Å². The molecule has 2 aromatic carbocycles. The van der Waals surface area contributed by atoms with Gasteiger partial charge in [-0.2, -0.15) is 0 Å². The van der Waals surface area contributed by atoms with E-state index in [2.05, 4.69) is 4.90 Å². The fraction of sp³-hybridized carbons (Fsp3) is 0.273. The van der Waals surface area contributed by atoms with Gasteiger partial charge in [-0.3, -0.25) is 19.7 Å². The first-order chi connectivity index (χ1) is 14.9. The van der Waals surface area contributed by atoms with Gasteiger partial charge in [0.2, 0.25) is 0 Å². The molecule has 0 N–H and O–H groups in total. The van der Waals surface area contributed by atoms with E-state index in [0.717, 1.165) is 18.0 Å². The van der Waals surface area contributed by atoms with Crippen molar-refractivity contribution < 1.29 is 19.2 Å². The van der Waals surface area contributed by atoms with Crippen LogP contribution in [-0.4, -0.2) is 66.9 Å². The molecule has 2 aromatic rings. The predicted octanol–water partition coefficient (Wildman–Crippen LogP) is 2.14. The van der Waals surface area contributed by atoms with Crippen molar-refractivity contribution in [2.45, 2.75) is 0 Å². The van der Waals surface area contributed by atoms with Gasteiger partial charge in [0.15, 0.2) is 0 Å². The molecule has 0 aliphatic carbocycles. The van der Waals surface area contributed by atoms with Crippen molar-refractivity contribution >= 4 is 28.8 Å². The molecule has 0 atom stereocenters. The highest BCUT2D eigenvalue weighted by Crippen LogP contribution is 2.36. The summed E-state index contributed by atoms with van der Waals surface area (Å²) in [7, 11) is 3.55. The molecule has 0 bridgehead atoms. The zero-order valence-electron chi connectivity index (χ0n) is 17.3. The first-order valence-corrected chi connectivity index (χ1v) is 9.86. The number of hydrogen-bond acceptors (Lipinski definition) is 7. The second kappa shape index (κ2) is 8.19. The van der Waals surface area contributed by atoms with E-state index in [1.54, 1.807) is 31.4 Å². The quantitative estimate of drug-likeness (QED) is 0.414. The second-order valence-corrected chi connectivity index (χ2v) is 7.46. The third-order valence-corrected chi connectivity index (χ3v) is 5.58. The van der Waals surface area contributed by atoms with E-state index in [1.165, 1.54) is 24.3 Å². The Kier molecular flexibility index (Phi) is 5.43. The topological polar surface area (TPSA) is 96.2 Å². The molecule has 0 spiro atoms. The average Bonchev–Trinajstić information content (AvgIpc) is 3.04. The molecule has 4 rings (SSSR count). The molecular formula is C22H22N4O5. The van der Waals surface area contributed by atoms with Crippen molar-refractivity contribution in [3.63, 3.8) is 0 Å². The van der Waals surface area contributed by atoms with Crippen LogP contribution in [0.5, 0.6) is 5.75 Å². The molecule has 9 nitrogen and oxygen atoms in total. The number of anilines is 1. The second-order valence-electron chi connectivity index (χ2n) is 7.46. The lowest BCUT2D eigenvalue weighted by Crippen LogP contribution is -2.46. The van der Waals surface area contributed by atoms with Crippen LogP contribution in [0.3, 0.4) is 0 Å². The Morgan fingerprint density at radius 2 is 1.52 bits per heavy atom. The summed E-state index contributed by atoms with van der Waals surface area (Å²) in [6.45, 7) is 2.75. The third kappa shape index (κ3) is 3.75. The molecule has 160 valence electrons. The molecule has 2 heterocycles. The van der Waals surface area contributed by atoms with Crippen molar-refractivity contribution in [1.82, 2.24) is 9.80 Å². The minimum absolute atomic E-state index is 0.0747. The largest absolute Gasteiger partial charge is 0.497 e. The van der Waals surface area contributed by atoms with Crippen LogP contribution in [0.4, 0.5) is 11.4 Å². The Balaban J connectivity index is 1.77. The van der Waals surface area contributed by atoms with Gasteiger partial charge in [0.1, 0.15) is 11.4 Å². The van der Waals surface area contributed by atoms with Crippen LogP contribution in [0.2, 0.25) is 0 Å². The van der Waals surface area contributed by atoms with E-state index in [1.807, 2.05) is 11.9 Å². The molecule has 1 saturated heterocycles. The molecule has 2 aliphatic heterocycles. The molecule has 0 aromatic heterocycles. The highest BCUT2D eigenvalue weighted by molar-refractivity contribution is 6.45. The van der Waals surface area contributed by atoms with Gasteiger partial charge in [0.05, 0.1) is 23.3 Å².